The largest absolute Gasteiger partial charge is 0.549 e. The fourth-order valence-electron chi connectivity index (χ4n) is 2.62. The van der Waals surface area contributed by atoms with Crippen molar-refractivity contribution in [2.24, 2.45) is 5.92 Å². The van der Waals surface area contributed by atoms with Crippen LogP contribution in [-0.4, -0.2) is 42.2 Å². The van der Waals surface area contributed by atoms with E-state index in [9.17, 15) is 23.1 Å². The number of hydrogen-bond acceptors (Lipinski definition) is 8. The number of nitrogens with one attached hydrogen (secondary N) is 2. The number of carbonyl (C=O) groups is 2. The number of carbonyl (C=O) groups excluding carboxylic acids is 2. The predicted octanol–water partition coefficient (Wildman–Crippen LogP) is 0.231. The smallest absolute Gasteiger partial charge is 0.335 e. The van der Waals surface area contributed by atoms with Gasteiger partial charge in [0.05, 0.1) is 13.1 Å². The van der Waals surface area contributed by atoms with E-state index in [-0.39, 0.29) is 23.4 Å². The van der Waals surface area contributed by atoms with Crippen molar-refractivity contribution in [3.05, 3.63) is 35.5 Å². The van der Waals surface area contributed by atoms with E-state index in [1.54, 1.807) is 4.72 Å². The van der Waals surface area contributed by atoms with Crippen LogP contribution in [0.4, 0.5) is 10.7 Å². The molecule has 1 heterocycles. The summed E-state index contributed by atoms with van der Waals surface area (Å²) in [6, 6.07) is 0.101. The SMILES string of the molecule is CCC1(S(=O)(=O)NC(=O)Nc2nc(Cl)cc(OC)n2)C=CC=CC1C(=O)[O-]. The van der Waals surface area contributed by atoms with Gasteiger partial charge in [0.15, 0.2) is 0 Å². The quantitative estimate of drug-likeness (QED) is 0.626. The molecule has 0 spiro atoms. The van der Waals surface area contributed by atoms with Gasteiger partial charge in [-0.25, -0.2) is 22.9 Å². The number of aromatic nitrogens is 2. The van der Waals surface area contributed by atoms with Crippen molar-refractivity contribution in [2.75, 3.05) is 12.4 Å². The fraction of sp³-hybridized carbons (Fsp3) is 0.333. The molecule has 2 amide bonds. The van der Waals surface area contributed by atoms with E-state index >= 15 is 0 Å². The summed E-state index contributed by atoms with van der Waals surface area (Å²) >= 11 is 5.76. The van der Waals surface area contributed by atoms with Gasteiger partial charge in [0, 0.05) is 12.0 Å². The van der Waals surface area contributed by atoms with Crippen molar-refractivity contribution in [1.82, 2.24) is 14.7 Å². The van der Waals surface area contributed by atoms with Crippen molar-refractivity contribution in [2.45, 2.75) is 18.1 Å². The number of methoxy groups -OCH3 is 1. The lowest BCUT2D eigenvalue weighted by molar-refractivity contribution is -0.310. The molecule has 0 saturated carbocycles. The standard InChI is InChI=1S/C15H17ClN4O6S/c1-3-15(7-5-4-6-9(15)12(21)22)27(24,25)20-14(23)19-13-17-10(16)8-11(18-13)26-2/h4-9H,3H2,1-2H3,(H,21,22)(H2,17,18,19,20,23)/p-1. The summed E-state index contributed by atoms with van der Waals surface area (Å²) in [4.78, 5) is 31.1. The molecule has 2 N–H and O–H groups in total. The number of hydrogen-bond donors (Lipinski definition) is 2. The molecule has 1 aromatic heterocycles. The highest BCUT2D eigenvalue weighted by atomic mass is 35.5. The number of allylic oxidation sites excluding steroid dienone is 2. The monoisotopic (exact) mass is 415 g/mol. The first kappa shape index (κ1) is 20.6. The third kappa shape index (κ3) is 4.19. The molecule has 0 fully saturated rings. The molecule has 1 aliphatic rings. The van der Waals surface area contributed by atoms with Crippen LogP contribution in [0, 0.1) is 5.92 Å². The minimum Gasteiger partial charge on any atom is -0.549 e. The molecule has 0 radical (unpaired) electrons. The molecule has 10 nitrogen and oxygen atoms in total. The summed E-state index contributed by atoms with van der Waals surface area (Å²) in [7, 11) is -3.15. The first-order valence-corrected chi connectivity index (χ1v) is 9.50. The van der Waals surface area contributed by atoms with Crippen molar-refractivity contribution >= 4 is 39.6 Å². The fourth-order valence-corrected chi connectivity index (χ4v) is 4.43. The Bertz CT molecular complexity index is 917. The summed E-state index contributed by atoms with van der Waals surface area (Å²) < 4.78 is 30.4. The predicted molar refractivity (Wildman–Crippen MR) is 94.5 cm³/mol. The van der Waals surface area contributed by atoms with E-state index in [0.29, 0.717) is 0 Å². The van der Waals surface area contributed by atoms with Gasteiger partial charge in [-0.05, 0) is 6.42 Å². The van der Waals surface area contributed by atoms with Gasteiger partial charge in [-0.3, -0.25) is 5.32 Å². The molecule has 2 unspecified atom stereocenters. The van der Waals surface area contributed by atoms with Gasteiger partial charge in [0.1, 0.15) is 9.90 Å². The highest BCUT2D eigenvalue weighted by Crippen LogP contribution is 2.35. The lowest BCUT2D eigenvalue weighted by Crippen LogP contribution is -2.56. The van der Waals surface area contributed by atoms with Gasteiger partial charge in [0.2, 0.25) is 21.9 Å². The molecule has 2 rings (SSSR count). The van der Waals surface area contributed by atoms with E-state index in [1.807, 2.05) is 0 Å². The molecule has 27 heavy (non-hydrogen) atoms. The van der Waals surface area contributed by atoms with E-state index in [1.165, 1.54) is 44.4 Å². The van der Waals surface area contributed by atoms with Gasteiger partial charge >= 0.3 is 6.03 Å². The first-order valence-electron chi connectivity index (χ1n) is 7.64. The van der Waals surface area contributed by atoms with Crippen molar-refractivity contribution in [3.63, 3.8) is 0 Å². The number of carboxylic acids is 1. The zero-order valence-corrected chi connectivity index (χ0v) is 15.9. The maximum absolute atomic E-state index is 12.8. The van der Waals surface area contributed by atoms with Crippen LogP contribution in [0.2, 0.25) is 5.15 Å². The second kappa shape index (κ2) is 7.92. The molecule has 1 aliphatic carbocycles. The number of amides is 2. The van der Waals surface area contributed by atoms with E-state index < -0.39 is 32.7 Å². The first-order chi connectivity index (χ1) is 12.6. The summed E-state index contributed by atoms with van der Waals surface area (Å²) in [6.45, 7) is 1.49. The number of urea groups is 1. The third-order valence-electron chi connectivity index (χ3n) is 3.96. The lowest BCUT2D eigenvalue weighted by atomic mass is 9.85. The summed E-state index contributed by atoms with van der Waals surface area (Å²) in [5, 5.41) is 13.5. The number of ether oxygens (including phenoxy) is 1. The topological polar surface area (TPSA) is 150 Å². The van der Waals surface area contributed by atoms with Crippen molar-refractivity contribution < 1.29 is 27.9 Å². The Balaban J connectivity index is 2.27. The number of anilines is 1. The van der Waals surface area contributed by atoms with E-state index in [0.717, 1.165) is 0 Å². The second-order valence-electron chi connectivity index (χ2n) is 5.47. The van der Waals surface area contributed by atoms with Crippen LogP contribution >= 0.6 is 11.6 Å². The van der Waals surface area contributed by atoms with Gasteiger partial charge in [-0.1, -0.05) is 42.8 Å². The Hall–Kier alpha value is -2.66. The molecule has 2 atom stereocenters. The van der Waals surface area contributed by atoms with Gasteiger partial charge < -0.3 is 14.6 Å². The van der Waals surface area contributed by atoms with Gasteiger partial charge in [-0.2, -0.15) is 4.98 Å². The average molecular weight is 416 g/mol. The van der Waals surface area contributed by atoms with Crippen LogP contribution in [0.5, 0.6) is 5.88 Å². The third-order valence-corrected chi connectivity index (χ3v) is 6.29. The number of rotatable bonds is 6. The Labute approximate surface area is 160 Å². The summed E-state index contributed by atoms with van der Waals surface area (Å²) in [5.74, 6) is -3.30. The Morgan fingerprint density at radius 2 is 2.07 bits per heavy atom. The molecular formula is C15H16ClN4O6S-. The minimum absolute atomic E-state index is 0.0394. The highest BCUT2D eigenvalue weighted by Gasteiger charge is 2.48. The van der Waals surface area contributed by atoms with Crippen LogP contribution < -0.4 is 19.9 Å². The maximum atomic E-state index is 12.8. The van der Waals surface area contributed by atoms with Crippen LogP contribution in [0.1, 0.15) is 13.3 Å². The van der Waals surface area contributed by atoms with Crippen LogP contribution in [0.25, 0.3) is 0 Å². The number of nitrogens with zero attached hydrogens (tertiary/aromatic N) is 2. The second-order valence-corrected chi connectivity index (χ2v) is 7.82. The molecule has 0 bridgehead atoms. The molecule has 0 saturated heterocycles. The van der Waals surface area contributed by atoms with Crippen LogP contribution in [-0.2, 0) is 14.8 Å². The molecular weight excluding hydrogens is 400 g/mol. The van der Waals surface area contributed by atoms with Crippen molar-refractivity contribution in [1.29, 1.82) is 0 Å². The zero-order valence-electron chi connectivity index (χ0n) is 14.3. The summed E-state index contributed by atoms with van der Waals surface area (Å²) in [6.07, 6.45) is 5.08. The molecule has 0 aromatic carbocycles. The molecule has 0 aliphatic heterocycles. The average Bonchev–Trinajstić information content (AvgIpc) is 2.60. The number of halogens is 1. The Kier molecular flexibility index (Phi) is 6.06. The molecule has 12 heteroatoms. The van der Waals surface area contributed by atoms with Crippen LogP contribution in [0.3, 0.4) is 0 Å². The number of sulfonamides is 1. The molecule has 146 valence electrons. The van der Waals surface area contributed by atoms with Gasteiger partial charge in [0.25, 0.3) is 0 Å². The van der Waals surface area contributed by atoms with Gasteiger partial charge in [-0.15, -0.1) is 0 Å². The maximum Gasteiger partial charge on any atom is 0.335 e. The van der Waals surface area contributed by atoms with Crippen LogP contribution in [0.15, 0.2) is 30.4 Å². The minimum atomic E-state index is -4.48. The Morgan fingerprint density at radius 3 is 2.67 bits per heavy atom. The van der Waals surface area contributed by atoms with Crippen molar-refractivity contribution in [3.8, 4) is 5.88 Å². The Morgan fingerprint density at radius 1 is 1.37 bits per heavy atom. The summed E-state index contributed by atoms with van der Waals surface area (Å²) in [5.41, 5.74) is 0. The van der Waals surface area contributed by atoms with E-state index in [4.69, 9.17) is 16.3 Å². The lowest BCUT2D eigenvalue weighted by Gasteiger charge is -2.37. The normalized spacial score (nSPS) is 21.5. The zero-order chi connectivity index (χ0) is 20.2. The molecule has 1 aromatic rings. The highest BCUT2D eigenvalue weighted by molar-refractivity contribution is 7.91. The number of aliphatic carboxylic acids is 1. The number of carboxylic acid groups (broad SMARTS) is 1. The van der Waals surface area contributed by atoms with E-state index in [2.05, 4.69) is 15.3 Å².